The van der Waals surface area contributed by atoms with Crippen LogP contribution in [0.25, 0.3) is 11.3 Å². The number of anilines is 6. The van der Waals surface area contributed by atoms with Gasteiger partial charge in [-0.2, -0.15) is 23.1 Å². The van der Waals surface area contributed by atoms with Gasteiger partial charge in [-0.05, 0) is 114 Å². The molecule has 4 N–H and O–H groups in total. The van der Waals surface area contributed by atoms with Crippen molar-refractivity contribution >= 4 is 71.2 Å². The van der Waals surface area contributed by atoms with Gasteiger partial charge in [0, 0.05) is 126 Å². The summed E-state index contributed by atoms with van der Waals surface area (Å²) >= 11 is 6.01. The van der Waals surface area contributed by atoms with Crippen molar-refractivity contribution in [2.45, 2.75) is 154 Å². The number of hydrogen-bond donors (Lipinski definition) is 4. The number of ether oxygens (including phenoxy) is 2. The van der Waals surface area contributed by atoms with Crippen LogP contribution in [0.3, 0.4) is 0 Å². The predicted molar refractivity (Wildman–Crippen MR) is 323 cm³/mol. The highest BCUT2D eigenvalue weighted by molar-refractivity contribution is 6.62. The van der Waals surface area contributed by atoms with E-state index >= 15 is 0 Å². The number of aryl methyl sites for hydroxylation is 2. The summed E-state index contributed by atoms with van der Waals surface area (Å²) in [7, 11) is -0.556. The average Bonchev–Trinajstić information content (AvgIpc) is 2.74. The number of likely N-dealkylation sites (tertiary alicyclic amines) is 2. The standard InChI is InChI=1S/C27H36F2N6O2.C20H28BF3N2O3.C13H17ClF2N4O/c1-3-19-7-9-35(17-19)26(36)31-20-5-4-18(2)22(14-20)23-15-24(34-10-12-37-13-11-34)33-25(32-23)30-21-6-8-27(28,29)16-21;1-13-6-7-15(10-16(13)21-28-18(2,3)19(4,5)29-21)25-17(27)26-9-8-14(12-26)11-20(22,23)24;14-10-7-11(20-3-5-21-6-4-20)19-12(18-10)17-9-1-2-13(15,16)8-9/h4-5,14-15,19,21H,3,6-13,16-17H2,1-2H3,(H,31,36)(H,30,32,33);6-7,10,14H,8-9,11-12H2,1-5H3,(H,25,27);7,9H,1-6,8H2,(H,17,18,19)/t19-,21?;14-;/m10./s1. The second-order valence-corrected chi connectivity index (χ2v) is 25.3. The van der Waals surface area contributed by atoms with Gasteiger partial charge < -0.3 is 59.6 Å². The molecular weight excluding hydrogens is 1160 g/mol. The van der Waals surface area contributed by atoms with Gasteiger partial charge >= 0.3 is 25.4 Å². The molecule has 87 heavy (non-hydrogen) atoms. The fourth-order valence-electron chi connectivity index (χ4n) is 11.7. The van der Waals surface area contributed by atoms with Crippen LogP contribution in [0.2, 0.25) is 5.15 Å². The molecule has 2 unspecified atom stereocenters. The van der Waals surface area contributed by atoms with E-state index in [1.165, 1.54) is 4.90 Å². The normalized spacial score (nSPS) is 23.8. The van der Waals surface area contributed by atoms with Crippen molar-refractivity contribution in [2.75, 3.05) is 110 Å². The van der Waals surface area contributed by atoms with E-state index in [0.29, 0.717) is 111 Å². The number of amides is 4. The van der Waals surface area contributed by atoms with Crippen LogP contribution in [0.1, 0.15) is 110 Å². The first-order chi connectivity index (χ1) is 41.1. The summed E-state index contributed by atoms with van der Waals surface area (Å²) in [6, 6.07) is 13.7. The Kier molecular flexibility index (Phi) is 20.6. The Hall–Kier alpha value is -5.96. The molecule has 476 valence electrons. The number of halogens is 8. The Morgan fingerprint density at radius 2 is 1.13 bits per heavy atom. The molecule has 2 aromatic carbocycles. The van der Waals surface area contributed by atoms with Crippen LogP contribution in [-0.2, 0) is 18.8 Å². The molecule has 0 bridgehead atoms. The van der Waals surface area contributed by atoms with Gasteiger partial charge in [-0.15, -0.1) is 0 Å². The molecule has 18 nitrogen and oxygen atoms in total. The Bertz CT molecular complexity index is 3020. The first-order valence-corrected chi connectivity index (χ1v) is 30.6. The molecule has 4 atom stereocenters. The first kappa shape index (κ1) is 65.5. The highest BCUT2D eigenvalue weighted by atomic mass is 35.5. The SMILES string of the molecule is CC[C@@H]1CCN(C(=O)Nc2ccc(C)c(-c3cc(N4CCOCC4)nc(NC4CCC(F)(F)C4)n3)c2)C1.Cc1ccc(NC(=O)N2CC[C@@H](CC(F)(F)F)C2)cc1B1OC(C)(C)C(C)(C)O1.FC1(F)CCC(Nc2nc(Cl)cc(N3CCOCC3)n2)C1. The van der Waals surface area contributed by atoms with Crippen molar-refractivity contribution in [1.82, 2.24) is 29.7 Å². The number of carbonyl (C=O) groups excluding carboxylic acids is 2. The molecule has 4 amide bonds. The number of urea groups is 2. The number of carbonyl (C=O) groups is 2. The van der Waals surface area contributed by atoms with E-state index in [9.17, 15) is 40.3 Å². The molecule has 4 aromatic rings. The van der Waals surface area contributed by atoms with Crippen molar-refractivity contribution in [2.24, 2.45) is 11.8 Å². The molecular formula is C60H81BClF7N12O6. The van der Waals surface area contributed by atoms with E-state index < -0.39 is 54.7 Å². The number of morpholine rings is 2. The lowest BCUT2D eigenvalue weighted by Gasteiger charge is -2.32. The minimum Gasteiger partial charge on any atom is -0.399 e. The van der Waals surface area contributed by atoms with E-state index in [2.05, 4.69) is 48.0 Å². The summed E-state index contributed by atoms with van der Waals surface area (Å²) < 4.78 is 115. The van der Waals surface area contributed by atoms with E-state index in [4.69, 9.17) is 35.4 Å². The van der Waals surface area contributed by atoms with Crippen molar-refractivity contribution < 1.29 is 59.1 Å². The zero-order chi connectivity index (χ0) is 62.5. The van der Waals surface area contributed by atoms with Crippen LogP contribution in [0.15, 0.2) is 48.5 Å². The predicted octanol–water partition coefficient (Wildman–Crippen LogP) is 11.8. The monoisotopic (exact) mass is 1240 g/mol. The van der Waals surface area contributed by atoms with E-state index in [1.807, 2.05) is 81.7 Å². The van der Waals surface area contributed by atoms with Crippen LogP contribution in [0.5, 0.6) is 0 Å². The number of benzene rings is 2. The van der Waals surface area contributed by atoms with Crippen LogP contribution >= 0.6 is 11.6 Å². The zero-order valence-corrected chi connectivity index (χ0v) is 51.4. The first-order valence-electron chi connectivity index (χ1n) is 30.2. The smallest absolute Gasteiger partial charge is 0.399 e. The largest absolute Gasteiger partial charge is 0.495 e. The fourth-order valence-corrected chi connectivity index (χ4v) is 11.9. The van der Waals surface area contributed by atoms with Crippen LogP contribution in [0, 0.1) is 25.7 Å². The summed E-state index contributed by atoms with van der Waals surface area (Å²) in [6.45, 7) is 21.3. The minimum atomic E-state index is -4.20. The van der Waals surface area contributed by atoms with Gasteiger partial charge in [0.15, 0.2) is 0 Å². The van der Waals surface area contributed by atoms with Crippen LogP contribution in [0.4, 0.5) is 75.2 Å². The molecule has 5 aliphatic heterocycles. The third-order valence-corrected chi connectivity index (χ3v) is 17.8. The van der Waals surface area contributed by atoms with Crippen LogP contribution < -0.4 is 36.5 Å². The van der Waals surface area contributed by atoms with Crippen molar-refractivity contribution in [3.05, 3.63) is 64.8 Å². The second kappa shape index (κ2) is 27.4. The van der Waals surface area contributed by atoms with Crippen LogP contribution in [-0.4, -0.2) is 169 Å². The van der Waals surface area contributed by atoms with E-state index in [0.717, 1.165) is 67.0 Å². The number of nitrogens with zero attached hydrogens (tertiary/aromatic N) is 8. The minimum absolute atomic E-state index is 0.0908. The number of hydrogen-bond acceptors (Lipinski definition) is 14. The highest BCUT2D eigenvalue weighted by Crippen LogP contribution is 2.40. The lowest BCUT2D eigenvalue weighted by Crippen LogP contribution is -2.41. The van der Waals surface area contributed by atoms with Crippen molar-refractivity contribution in [3.63, 3.8) is 0 Å². The van der Waals surface area contributed by atoms with Gasteiger partial charge in [-0.25, -0.2) is 37.1 Å². The molecule has 11 rings (SSSR count). The fraction of sp³-hybridized carbons (Fsp3) is 0.633. The molecule has 0 radical (unpaired) electrons. The molecule has 7 aliphatic rings. The summed E-state index contributed by atoms with van der Waals surface area (Å²) in [4.78, 5) is 50.8. The van der Waals surface area contributed by atoms with Crippen molar-refractivity contribution in [1.29, 1.82) is 0 Å². The Morgan fingerprint density at radius 3 is 1.62 bits per heavy atom. The number of nitrogens with one attached hydrogen (secondary N) is 4. The maximum atomic E-state index is 13.8. The third-order valence-electron chi connectivity index (χ3n) is 17.6. The molecule has 7 heterocycles. The molecule has 0 spiro atoms. The van der Waals surface area contributed by atoms with Gasteiger partial charge in [-0.1, -0.05) is 42.6 Å². The van der Waals surface area contributed by atoms with Crippen molar-refractivity contribution in [3.8, 4) is 11.3 Å². The molecule has 7 fully saturated rings. The second-order valence-electron chi connectivity index (χ2n) is 24.9. The maximum Gasteiger partial charge on any atom is 0.495 e. The number of rotatable bonds is 12. The van der Waals surface area contributed by atoms with E-state index in [-0.39, 0.29) is 50.3 Å². The average molecular weight is 1250 g/mol. The Balaban J connectivity index is 0.000000162. The van der Waals surface area contributed by atoms with Gasteiger partial charge in [0.25, 0.3) is 0 Å². The quantitative estimate of drug-likeness (QED) is 0.0597. The van der Waals surface area contributed by atoms with Gasteiger partial charge in [0.2, 0.25) is 23.7 Å². The number of aromatic nitrogens is 4. The molecule has 2 saturated carbocycles. The number of alkyl halides is 7. The molecule has 2 aromatic heterocycles. The van der Waals surface area contributed by atoms with Gasteiger partial charge in [0.1, 0.15) is 16.8 Å². The Labute approximate surface area is 509 Å². The summed E-state index contributed by atoms with van der Waals surface area (Å²) in [5.74, 6) is -3.14. The molecule has 5 saturated heterocycles. The summed E-state index contributed by atoms with van der Waals surface area (Å²) in [6.07, 6.45) is -2.42. The highest BCUT2D eigenvalue weighted by Gasteiger charge is 2.52. The van der Waals surface area contributed by atoms with Gasteiger partial charge in [0.05, 0.1) is 43.3 Å². The summed E-state index contributed by atoms with van der Waals surface area (Å²) in [5.41, 5.74) is 4.62. The third kappa shape index (κ3) is 17.7. The zero-order valence-electron chi connectivity index (χ0n) is 50.6. The molecule has 27 heteroatoms. The molecule has 2 aliphatic carbocycles. The maximum absolute atomic E-state index is 13.8. The van der Waals surface area contributed by atoms with E-state index in [1.54, 1.807) is 18.2 Å². The lowest BCUT2D eigenvalue weighted by molar-refractivity contribution is -0.143. The van der Waals surface area contributed by atoms with Gasteiger partial charge in [-0.3, -0.25) is 0 Å². The Morgan fingerprint density at radius 1 is 0.644 bits per heavy atom. The summed E-state index contributed by atoms with van der Waals surface area (Å²) in [5, 5.41) is 12.3. The topological polar surface area (TPSA) is 184 Å². The lowest BCUT2D eigenvalue weighted by atomic mass is 9.76.